The van der Waals surface area contributed by atoms with E-state index in [4.69, 9.17) is 4.42 Å². The molecule has 0 bridgehead atoms. The van der Waals surface area contributed by atoms with Crippen LogP contribution in [0.25, 0.3) is 11.0 Å². The van der Waals surface area contributed by atoms with E-state index in [1.807, 2.05) is 36.4 Å². The topological polar surface area (TPSA) is 100 Å². The summed E-state index contributed by atoms with van der Waals surface area (Å²) in [6.07, 6.45) is 8.00. The second kappa shape index (κ2) is 10.6. The molecule has 1 aromatic carbocycles. The number of para-hydroxylation sites is 1. The number of hydrogen-bond donors (Lipinski definition) is 3. The van der Waals surface area contributed by atoms with Crippen molar-refractivity contribution < 1.29 is 29.3 Å². The number of carbonyl (C=O) groups excluding carboxylic acids is 1. The third-order valence-electron chi connectivity index (χ3n) is 5.72. The molecular weight excluding hydrogens is 384 g/mol. The highest BCUT2D eigenvalue weighted by Crippen LogP contribution is 2.37. The molecule has 0 saturated heterocycles. The van der Waals surface area contributed by atoms with Gasteiger partial charge in [0, 0.05) is 24.1 Å². The average molecular weight is 414 g/mol. The summed E-state index contributed by atoms with van der Waals surface area (Å²) in [7, 11) is 1.38. The van der Waals surface area contributed by atoms with Crippen molar-refractivity contribution in [2.75, 3.05) is 7.11 Å². The van der Waals surface area contributed by atoms with Gasteiger partial charge in [-0.3, -0.25) is 4.79 Å². The van der Waals surface area contributed by atoms with Crippen LogP contribution in [-0.2, 0) is 9.53 Å². The predicted octanol–water partition coefficient (Wildman–Crippen LogP) is 3.67. The summed E-state index contributed by atoms with van der Waals surface area (Å²) in [5, 5.41) is 32.1. The van der Waals surface area contributed by atoms with Gasteiger partial charge in [0.2, 0.25) is 0 Å². The number of carbonyl (C=O) groups is 1. The molecule has 0 spiro atoms. The monoisotopic (exact) mass is 414 g/mol. The molecule has 1 heterocycles. The van der Waals surface area contributed by atoms with E-state index >= 15 is 0 Å². The number of rotatable bonds is 9. The highest BCUT2D eigenvalue weighted by molar-refractivity contribution is 5.77. The molecule has 1 aromatic heterocycles. The molecule has 5 atom stereocenters. The van der Waals surface area contributed by atoms with E-state index in [2.05, 4.69) is 4.74 Å². The first kappa shape index (κ1) is 22.3. The Morgan fingerprint density at radius 2 is 2.07 bits per heavy atom. The summed E-state index contributed by atoms with van der Waals surface area (Å²) in [6.45, 7) is 0. The van der Waals surface area contributed by atoms with Gasteiger partial charge in [0.15, 0.2) is 0 Å². The second-order valence-electron chi connectivity index (χ2n) is 7.80. The molecule has 1 aliphatic carbocycles. The molecule has 5 unspecified atom stereocenters. The van der Waals surface area contributed by atoms with Crippen molar-refractivity contribution >= 4 is 16.9 Å². The number of benzene rings is 1. The maximum Gasteiger partial charge on any atom is 0.305 e. The van der Waals surface area contributed by atoms with Gasteiger partial charge in [-0.1, -0.05) is 42.5 Å². The van der Waals surface area contributed by atoms with Crippen molar-refractivity contribution in [3.05, 3.63) is 60.4 Å². The molecule has 6 heteroatoms. The van der Waals surface area contributed by atoms with Crippen LogP contribution >= 0.6 is 0 Å². The van der Waals surface area contributed by atoms with Crippen LogP contribution in [0.15, 0.2) is 59.1 Å². The summed E-state index contributed by atoms with van der Waals surface area (Å²) in [5.41, 5.74) is 0.714. The van der Waals surface area contributed by atoms with E-state index < -0.39 is 18.3 Å². The fourth-order valence-corrected chi connectivity index (χ4v) is 4.02. The molecule has 3 N–H and O–H groups in total. The second-order valence-corrected chi connectivity index (χ2v) is 7.80. The first-order valence-electron chi connectivity index (χ1n) is 10.4. The lowest BCUT2D eigenvalue weighted by atomic mass is 9.89. The Labute approximate surface area is 176 Å². The number of allylic oxidation sites excluding steroid dienone is 2. The van der Waals surface area contributed by atoms with Crippen LogP contribution in [0.4, 0.5) is 0 Å². The zero-order chi connectivity index (χ0) is 21.5. The lowest BCUT2D eigenvalue weighted by Crippen LogP contribution is -2.20. The van der Waals surface area contributed by atoms with E-state index in [1.165, 1.54) is 7.11 Å². The fourth-order valence-electron chi connectivity index (χ4n) is 4.02. The van der Waals surface area contributed by atoms with Crippen LogP contribution in [0.1, 0.15) is 44.0 Å². The molecule has 3 rings (SSSR count). The van der Waals surface area contributed by atoms with Gasteiger partial charge < -0.3 is 24.5 Å². The molecular formula is C24H30O6. The molecule has 1 fully saturated rings. The molecule has 0 amide bonds. The van der Waals surface area contributed by atoms with Crippen LogP contribution < -0.4 is 0 Å². The van der Waals surface area contributed by atoms with E-state index in [0.717, 1.165) is 11.8 Å². The minimum absolute atomic E-state index is 0.129. The van der Waals surface area contributed by atoms with Gasteiger partial charge in [-0.05, 0) is 37.3 Å². The highest BCUT2D eigenvalue weighted by Gasteiger charge is 2.39. The summed E-state index contributed by atoms with van der Waals surface area (Å²) in [6, 6.07) is 9.36. The third kappa shape index (κ3) is 5.59. The maximum atomic E-state index is 11.1. The largest absolute Gasteiger partial charge is 0.469 e. The Balaban J connectivity index is 1.57. The Morgan fingerprint density at radius 3 is 2.83 bits per heavy atom. The number of ether oxygens (including phenoxy) is 1. The molecule has 1 saturated carbocycles. The SMILES string of the molecule is COC(=O)CCCC=CCC1C(O)CC(O)C1C=CC(O)c1cc2ccccc2o1. The van der Waals surface area contributed by atoms with Crippen LogP contribution in [0.5, 0.6) is 0 Å². The molecule has 0 aliphatic heterocycles. The van der Waals surface area contributed by atoms with E-state index in [1.54, 1.807) is 18.2 Å². The quantitative estimate of drug-likeness (QED) is 0.329. The zero-order valence-corrected chi connectivity index (χ0v) is 17.2. The minimum Gasteiger partial charge on any atom is -0.469 e. The number of methoxy groups -OCH3 is 1. The van der Waals surface area contributed by atoms with Crippen LogP contribution in [-0.4, -0.2) is 40.6 Å². The summed E-state index contributed by atoms with van der Waals surface area (Å²) < 4.78 is 10.3. The van der Waals surface area contributed by atoms with Crippen LogP contribution in [0, 0.1) is 11.8 Å². The van der Waals surface area contributed by atoms with Gasteiger partial charge in [-0.15, -0.1) is 0 Å². The van der Waals surface area contributed by atoms with Crippen molar-refractivity contribution in [1.82, 2.24) is 0 Å². The molecule has 1 aliphatic rings. The first-order chi connectivity index (χ1) is 14.5. The van der Waals surface area contributed by atoms with Crippen molar-refractivity contribution in [3.8, 4) is 0 Å². The van der Waals surface area contributed by atoms with E-state index in [0.29, 0.717) is 37.0 Å². The van der Waals surface area contributed by atoms with Gasteiger partial charge in [0.1, 0.15) is 17.4 Å². The number of unbranched alkanes of at least 4 members (excludes halogenated alkanes) is 1. The van der Waals surface area contributed by atoms with Crippen molar-refractivity contribution in [2.24, 2.45) is 11.8 Å². The molecule has 0 radical (unpaired) electrons. The Hall–Kier alpha value is -2.41. The average Bonchev–Trinajstić information content (AvgIpc) is 3.29. The normalized spacial score (nSPS) is 25.5. The fraction of sp³-hybridized carbons (Fsp3) is 0.458. The number of aliphatic hydroxyl groups is 3. The van der Waals surface area contributed by atoms with Crippen molar-refractivity contribution in [2.45, 2.75) is 50.4 Å². The molecule has 30 heavy (non-hydrogen) atoms. The Bertz CT molecular complexity index is 850. The van der Waals surface area contributed by atoms with Crippen LogP contribution in [0.2, 0.25) is 0 Å². The number of esters is 1. The molecule has 162 valence electrons. The minimum atomic E-state index is -0.920. The highest BCUT2D eigenvalue weighted by atomic mass is 16.5. The number of aliphatic hydroxyl groups excluding tert-OH is 3. The lowest BCUT2D eigenvalue weighted by Gasteiger charge is -2.19. The summed E-state index contributed by atoms with van der Waals surface area (Å²) >= 11 is 0. The Morgan fingerprint density at radius 1 is 1.27 bits per heavy atom. The number of hydrogen-bond acceptors (Lipinski definition) is 6. The Kier molecular flexibility index (Phi) is 7.85. The summed E-state index contributed by atoms with van der Waals surface area (Å²) in [4.78, 5) is 11.1. The lowest BCUT2D eigenvalue weighted by molar-refractivity contribution is -0.140. The third-order valence-corrected chi connectivity index (χ3v) is 5.72. The van der Waals surface area contributed by atoms with Gasteiger partial charge >= 0.3 is 5.97 Å². The number of fused-ring (bicyclic) bond motifs is 1. The van der Waals surface area contributed by atoms with E-state index in [9.17, 15) is 20.1 Å². The first-order valence-corrected chi connectivity index (χ1v) is 10.4. The molecule has 2 aromatic rings. The van der Waals surface area contributed by atoms with Gasteiger partial charge in [-0.25, -0.2) is 0 Å². The van der Waals surface area contributed by atoms with Gasteiger partial charge in [0.25, 0.3) is 0 Å². The standard InChI is InChI=1S/C24H30O6/c1-29-24(28)11-5-3-2-4-9-17-18(21(27)15-20(17)26)12-13-19(25)23-14-16-8-6-7-10-22(16)30-23/h2,4,6-8,10,12-14,17-21,25-27H,3,5,9,11,15H2,1H3. The zero-order valence-electron chi connectivity index (χ0n) is 17.2. The van der Waals surface area contributed by atoms with Crippen molar-refractivity contribution in [1.29, 1.82) is 0 Å². The predicted molar refractivity (Wildman–Crippen MR) is 114 cm³/mol. The number of furan rings is 1. The maximum absolute atomic E-state index is 11.1. The van der Waals surface area contributed by atoms with Crippen molar-refractivity contribution in [3.63, 3.8) is 0 Å². The van der Waals surface area contributed by atoms with E-state index in [-0.39, 0.29) is 17.8 Å². The van der Waals surface area contributed by atoms with Crippen LogP contribution in [0.3, 0.4) is 0 Å². The van der Waals surface area contributed by atoms with Gasteiger partial charge in [0.05, 0.1) is 19.3 Å². The van der Waals surface area contributed by atoms with Gasteiger partial charge in [-0.2, -0.15) is 0 Å². The molecule has 6 nitrogen and oxygen atoms in total. The smallest absolute Gasteiger partial charge is 0.305 e. The summed E-state index contributed by atoms with van der Waals surface area (Å²) in [5.74, 6) is -0.150.